The van der Waals surface area contributed by atoms with Crippen LogP contribution < -0.4 is 14.8 Å². The summed E-state index contributed by atoms with van der Waals surface area (Å²) in [6.07, 6.45) is 11.8. The first-order valence-corrected chi connectivity index (χ1v) is 18.6. The van der Waals surface area contributed by atoms with Gasteiger partial charge in [0.15, 0.2) is 5.75 Å². The molecule has 218 valence electrons. The molecule has 11 heteroatoms. The van der Waals surface area contributed by atoms with Crippen LogP contribution >= 0.6 is 102 Å². The third-order valence-electron chi connectivity index (χ3n) is 6.94. The molecule has 0 heterocycles. The van der Waals surface area contributed by atoms with Crippen LogP contribution in [-0.2, 0) is 16.0 Å². The third kappa shape index (κ3) is 10.1. The predicted molar refractivity (Wildman–Crippen MR) is 194 cm³/mol. The van der Waals surface area contributed by atoms with Gasteiger partial charge in [-0.3, -0.25) is 4.79 Å². The molecule has 2 aromatic rings. The highest BCUT2D eigenvalue weighted by Crippen LogP contribution is 2.37. The fourth-order valence-corrected chi connectivity index (χ4v) is 9.22. The summed E-state index contributed by atoms with van der Waals surface area (Å²) in [5, 5.41) is 3.47. The average molecular weight is 1020 g/mol. The van der Waals surface area contributed by atoms with Gasteiger partial charge in [-0.05, 0) is 146 Å². The lowest BCUT2D eigenvalue weighted by Crippen LogP contribution is -2.39. The Morgan fingerprint density at radius 1 is 0.850 bits per heavy atom. The van der Waals surface area contributed by atoms with E-state index >= 15 is 0 Å². The van der Waals surface area contributed by atoms with Crippen LogP contribution in [0.25, 0.3) is 0 Å². The number of carbonyl (C=O) groups is 1. The lowest BCUT2D eigenvalue weighted by molar-refractivity contribution is -0.135. The van der Waals surface area contributed by atoms with Gasteiger partial charge < -0.3 is 19.5 Å². The zero-order valence-electron chi connectivity index (χ0n) is 22.1. The van der Waals surface area contributed by atoms with Crippen molar-refractivity contribution < 1.29 is 19.0 Å². The molecule has 2 saturated carbocycles. The van der Waals surface area contributed by atoms with Gasteiger partial charge in [-0.1, -0.05) is 38.5 Å². The molecule has 4 rings (SSSR count). The summed E-state index contributed by atoms with van der Waals surface area (Å²) in [4.78, 5) is 18.0. The van der Waals surface area contributed by atoms with E-state index in [0.717, 1.165) is 62.8 Å². The maximum Gasteiger partial charge on any atom is 0.318 e. The summed E-state index contributed by atoms with van der Waals surface area (Å²) in [7, 11) is 0. The molecule has 0 radical (unpaired) electrons. The normalized spacial score (nSPS) is 17.0. The number of rotatable bonds is 9. The van der Waals surface area contributed by atoms with Crippen molar-refractivity contribution in [1.29, 1.82) is 0 Å². The van der Waals surface area contributed by atoms with Crippen LogP contribution in [0.15, 0.2) is 29.3 Å². The number of hydrogen-bond donors (Lipinski definition) is 1. The highest BCUT2D eigenvalue weighted by molar-refractivity contribution is 14.1. The second kappa shape index (κ2) is 16.9. The number of carbonyl (C=O) groups excluding carboxylic acids is 1. The standard InChI is InChI=1S/C29H33ClI4N2O4/c30-11-12-38-27-24(33)16-21(17-25(27)34)39-28-22(31)13-18(14-23(28)32)15-26(37)40-29(35-19-7-3-1-4-8-19)36-20-9-5-2-6-10-20/h13-14,16-17,19-20H,1-12,15H2,(H,35,36). The minimum absolute atomic E-state index is 0.171. The van der Waals surface area contributed by atoms with Crippen LogP contribution in [0.2, 0.25) is 0 Å². The first-order chi connectivity index (χ1) is 19.3. The van der Waals surface area contributed by atoms with Gasteiger partial charge in [0, 0.05) is 6.04 Å². The largest absolute Gasteiger partial charge is 0.490 e. The Balaban J connectivity index is 1.43. The van der Waals surface area contributed by atoms with Crippen LogP contribution in [-0.4, -0.2) is 36.6 Å². The minimum Gasteiger partial charge on any atom is -0.490 e. The number of halogens is 5. The number of nitrogens with one attached hydrogen (secondary N) is 1. The molecule has 0 spiro atoms. The SMILES string of the molecule is O=C(Cc1cc(I)c(Oc2cc(I)c(OCCCl)c(I)c2)c(I)c1)O/C(=N/C1CCCCC1)NC1CCCCC1. The molecule has 1 N–H and O–H groups in total. The minimum atomic E-state index is -0.297. The second-order valence-corrected chi connectivity index (χ2v) is 15.1. The van der Waals surface area contributed by atoms with Crippen LogP contribution in [0.3, 0.4) is 0 Å². The summed E-state index contributed by atoms with van der Waals surface area (Å²) in [6, 6.07) is 8.86. The topological polar surface area (TPSA) is 69.2 Å². The van der Waals surface area contributed by atoms with Gasteiger partial charge in [-0.15, -0.1) is 11.6 Å². The number of amidine groups is 1. The summed E-state index contributed by atoms with van der Waals surface area (Å²) in [6.45, 7) is 0.456. The monoisotopic (exact) mass is 1020 g/mol. The van der Waals surface area contributed by atoms with E-state index < -0.39 is 0 Å². The van der Waals surface area contributed by atoms with Gasteiger partial charge in [-0.2, -0.15) is 0 Å². The van der Waals surface area contributed by atoms with E-state index in [9.17, 15) is 4.79 Å². The smallest absolute Gasteiger partial charge is 0.318 e. The van der Waals surface area contributed by atoms with Crippen molar-refractivity contribution in [1.82, 2.24) is 5.32 Å². The number of nitrogens with zero attached hydrogens (tertiary/aromatic N) is 1. The van der Waals surface area contributed by atoms with Crippen molar-refractivity contribution in [3.63, 3.8) is 0 Å². The Morgan fingerprint density at radius 2 is 1.43 bits per heavy atom. The molecule has 40 heavy (non-hydrogen) atoms. The Morgan fingerprint density at radius 3 is 2.02 bits per heavy atom. The highest BCUT2D eigenvalue weighted by atomic mass is 127. The predicted octanol–water partition coefficient (Wildman–Crippen LogP) is 9.21. The molecule has 0 atom stereocenters. The first-order valence-electron chi connectivity index (χ1n) is 13.7. The molecule has 2 aliphatic rings. The van der Waals surface area contributed by atoms with Crippen LogP contribution in [0, 0.1) is 14.3 Å². The molecule has 2 aromatic carbocycles. The van der Waals surface area contributed by atoms with E-state index in [-0.39, 0.29) is 18.4 Å². The van der Waals surface area contributed by atoms with E-state index in [2.05, 4.69) is 95.7 Å². The van der Waals surface area contributed by atoms with Crippen molar-refractivity contribution in [3.05, 3.63) is 44.1 Å². The summed E-state index contributed by atoms with van der Waals surface area (Å²) in [5.74, 6) is 2.45. The molecule has 0 unspecified atom stereocenters. The Labute approximate surface area is 296 Å². The fraction of sp³-hybridized carbons (Fsp3) is 0.517. The fourth-order valence-electron chi connectivity index (χ4n) is 5.01. The molecule has 6 nitrogen and oxygen atoms in total. The van der Waals surface area contributed by atoms with E-state index in [0.29, 0.717) is 24.6 Å². The lowest BCUT2D eigenvalue weighted by atomic mass is 9.95. The maximum absolute atomic E-state index is 13.1. The van der Waals surface area contributed by atoms with Crippen molar-refractivity contribution in [3.8, 4) is 17.2 Å². The van der Waals surface area contributed by atoms with Crippen molar-refractivity contribution in [2.24, 2.45) is 4.99 Å². The highest BCUT2D eigenvalue weighted by Gasteiger charge is 2.21. The number of esters is 1. The average Bonchev–Trinajstić information content (AvgIpc) is 2.91. The van der Waals surface area contributed by atoms with Crippen molar-refractivity contribution in [2.45, 2.75) is 82.7 Å². The molecule has 0 aromatic heterocycles. The molecule has 0 amide bonds. The third-order valence-corrected chi connectivity index (χ3v) is 10.3. The van der Waals surface area contributed by atoms with Gasteiger partial charge in [0.1, 0.15) is 18.1 Å². The summed E-state index contributed by atoms with van der Waals surface area (Å²) >= 11 is 14.8. The molecule has 0 bridgehead atoms. The number of aliphatic imine (C=N–C) groups is 1. The summed E-state index contributed by atoms with van der Waals surface area (Å²) < 4.78 is 21.7. The Kier molecular flexibility index (Phi) is 14.0. The number of benzene rings is 2. The molecular weight excluding hydrogens is 983 g/mol. The van der Waals surface area contributed by atoms with Gasteiger partial charge in [0.25, 0.3) is 6.02 Å². The van der Waals surface area contributed by atoms with Gasteiger partial charge in [-0.25, -0.2) is 4.99 Å². The molecule has 0 aliphatic heterocycles. The van der Waals surface area contributed by atoms with Crippen LogP contribution in [0.5, 0.6) is 17.2 Å². The maximum atomic E-state index is 13.1. The summed E-state index contributed by atoms with van der Waals surface area (Å²) in [5.41, 5.74) is 0.884. The first kappa shape index (κ1) is 33.1. The molecule has 2 aliphatic carbocycles. The van der Waals surface area contributed by atoms with Crippen LogP contribution in [0.4, 0.5) is 0 Å². The molecular formula is C29H33ClI4N2O4. The Hall–Kier alpha value is 0.190. The second-order valence-electron chi connectivity index (χ2n) is 10.1. The van der Waals surface area contributed by atoms with Crippen LogP contribution in [0.1, 0.15) is 69.8 Å². The quantitative estimate of drug-likeness (QED) is 0.0893. The number of alkyl halides is 1. The van der Waals surface area contributed by atoms with E-state index in [1.165, 1.54) is 38.5 Å². The van der Waals surface area contributed by atoms with Crippen molar-refractivity contribution in [2.75, 3.05) is 12.5 Å². The van der Waals surface area contributed by atoms with E-state index in [1.807, 2.05) is 24.3 Å². The lowest BCUT2D eigenvalue weighted by Gasteiger charge is -2.25. The molecule has 0 saturated heterocycles. The van der Waals surface area contributed by atoms with E-state index in [1.54, 1.807) is 0 Å². The van der Waals surface area contributed by atoms with Gasteiger partial charge in [0.05, 0.1) is 32.6 Å². The van der Waals surface area contributed by atoms with E-state index in [4.69, 9.17) is 30.8 Å². The number of hydrogen-bond acceptors (Lipinski definition) is 5. The van der Waals surface area contributed by atoms with Crippen molar-refractivity contribution >= 4 is 114 Å². The van der Waals surface area contributed by atoms with Gasteiger partial charge in [0.2, 0.25) is 0 Å². The zero-order chi connectivity index (χ0) is 28.5. The molecule has 2 fully saturated rings. The Bertz CT molecular complexity index is 1150. The van der Waals surface area contributed by atoms with Gasteiger partial charge >= 0.3 is 5.97 Å². The number of ether oxygens (including phenoxy) is 3. The zero-order valence-corrected chi connectivity index (χ0v) is 31.5.